The van der Waals surface area contributed by atoms with Crippen LogP contribution in [0.5, 0.6) is 0 Å². The van der Waals surface area contributed by atoms with E-state index in [9.17, 15) is 4.79 Å². The van der Waals surface area contributed by atoms with Gasteiger partial charge in [-0.25, -0.2) is 4.79 Å². The van der Waals surface area contributed by atoms with E-state index in [0.29, 0.717) is 5.69 Å². The van der Waals surface area contributed by atoms with E-state index < -0.39 is 0 Å². The Morgan fingerprint density at radius 3 is 2.50 bits per heavy atom. The largest absolute Gasteiger partial charge is 0.368 e. The van der Waals surface area contributed by atoms with Crippen molar-refractivity contribution in [2.45, 2.75) is 6.54 Å². The Labute approximate surface area is 80.6 Å². The average Bonchev–Trinajstić information content (AvgIpc) is 2.61. The highest BCUT2D eigenvalue weighted by Gasteiger charge is 2.05. The fraction of sp³-hybridized carbons (Fsp3) is 0.111. The Morgan fingerprint density at radius 1 is 1.21 bits per heavy atom. The van der Waals surface area contributed by atoms with E-state index >= 15 is 0 Å². The van der Waals surface area contributed by atoms with Crippen LogP contribution in [0.4, 0.5) is 0 Å². The van der Waals surface area contributed by atoms with E-state index in [1.165, 1.54) is 9.36 Å². The molecule has 0 unspecified atom stereocenters. The van der Waals surface area contributed by atoms with Crippen LogP contribution in [0.15, 0.2) is 35.1 Å². The van der Waals surface area contributed by atoms with Crippen LogP contribution in [0.1, 0.15) is 0 Å². The van der Waals surface area contributed by atoms with Crippen LogP contribution in [0.3, 0.4) is 0 Å². The van der Waals surface area contributed by atoms with Crippen molar-refractivity contribution < 1.29 is 0 Å². The van der Waals surface area contributed by atoms with E-state index in [0.717, 1.165) is 0 Å². The molecule has 1 heterocycles. The Kier molecular flexibility index (Phi) is 2.14. The molecule has 0 atom stereocenters. The van der Waals surface area contributed by atoms with E-state index in [1.807, 2.05) is 18.2 Å². The summed E-state index contributed by atoms with van der Waals surface area (Å²) in [6.07, 6.45) is 0. The Bertz CT molecular complexity index is 471. The molecule has 5 heteroatoms. The smallest absolute Gasteiger partial charge is 0.244 e. The molecule has 71 valence electrons. The van der Waals surface area contributed by atoms with Gasteiger partial charge in [0.25, 0.3) is 0 Å². The lowest BCUT2D eigenvalue weighted by Crippen LogP contribution is -2.23. The monoisotopic (exact) mass is 189 g/mol. The van der Waals surface area contributed by atoms with Gasteiger partial charge in [-0.1, -0.05) is 18.2 Å². The molecule has 0 saturated heterocycles. The molecule has 1 aromatic carbocycles. The van der Waals surface area contributed by atoms with E-state index in [-0.39, 0.29) is 12.2 Å². The van der Waals surface area contributed by atoms with Gasteiger partial charge in [0.2, 0.25) is 0 Å². The van der Waals surface area contributed by atoms with Gasteiger partial charge in [0.05, 0.1) is 5.69 Å². The first-order valence-corrected chi connectivity index (χ1v) is 4.20. The second-order valence-electron chi connectivity index (χ2n) is 2.73. The van der Waals surface area contributed by atoms with Crippen LogP contribution in [0, 0.1) is 6.92 Å². The number of para-hydroxylation sites is 1. The number of aromatic nitrogens is 4. The molecule has 0 amide bonds. The van der Waals surface area contributed by atoms with Gasteiger partial charge in [-0.15, -0.1) is 0 Å². The maximum absolute atomic E-state index is 11.6. The molecule has 2 rings (SSSR count). The molecule has 2 aromatic rings. The van der Waals surface area contributed by atoms with Gasteiger partial charge in [0.15, 0.2) is 0 Å². The van der Waals surface area contributed by atoms with Crippen molar-refractivity contribution in [1.82, 2.24) is 19.8 Å². The highest BCUT2D eigenvalue weighted by atomic mass is 16.2. The van der Waals surface area contributed by atoms with Gasteiger partial charge in [-0.05, 0) is 29.5 Å². The lowest BCUT2D eigenvalue weighted by atomic mass is 10.3. The number of benzene rings is 1. The fourth-order valence-electron chi connectivity index (χ4n) is 1.15. The Morgan fingerprint density at radius 2 is 1.93 bits per heavy atom. The van der Waals surface area contributed by atoms with Crippen molar-refractivity contribution in [3.05, 3.63) is 47.7 Å². The summed E-state index contributed by atoms with van der Waals surface area (Å²) in [6.45, 7) is 3.85. The van der Waals surface area contributed by atoms with Crippen LogP contribution < -0.4 is 5.69 Å². The summed E-state index contributed by atoms with van der Waals surface area (Å²) >= 11 is 0. The molecule has 5 nitrogen and oxygen atoms in total. The van der Waals surface area contributed by atoms with Crippen molar-refractivity contribution in [3.63, 3.8) is 0 Å². The van der Waals surface area contributed by atoms with E-state index in [1.54, 1.807) is 12.1 Å². The van der Waals surface area contributed by atoms with Crippen molar-refractivity contribution in [3.8, 4) is 5.69 Å². The number of hydrogen-bond acceptors (Lipinski definition) is 3. The van der Waals surface area contributed by atoms with E-state index in [2.05, 4.69) is 17.4 Å². The first-order chi connectivity index (χ1) is 6.83. The summed E-state index contributed by atoms with van der Waals surface area (Å²) < 4.78 is 2.44. The normalized spacial score (nSPS) is 10.4. The summed E-state index contributed by atoms with van der Waals surface area (Å²) in [7, 11) is 0. The maximum atomic E-state index is 11.6. The molecule has 1 radical (unpaired) electrons. The first kappa shape index (κ1) is 8.68. The third kappa shape index (κ3) is 1.32. The fourth-order valence-corrected chi connectivity index (χ4v) is 1.15. The third-order valence-corrected chi connectivity index (χ3v) is 1.85. The molecule has 0 fully saturated rings. The molecular weight excluding hydrogens is 180 g/mol. The zero-order valence-electron chi connectivity index (χ0n) is 7.50. The van der Waals surface area contributed by atoms with Gasteiger partial charge in [-0.2, -0.15) is 9.36 Å². The molecule has 0 aliphatic carbocycles. The predicted octanol–water partition coefficient (Wildman–Crippen LogP) is 0.263. The molecule has 1 aromatic heterocycles. The number of nitrogens with zero attached hydrogens (tertiary/aromatic N) is 4. The highest BCUT2D eigenvalue weighted by Crippen LogP contribution is 2.00. The standard InChI is InChI=1S/C9H9N4O/c1-2-12-9(14)13(11-10-12)8-6-4-3-5-7-8/h3-7H,1-2H2. The number of hydrogen-bond donors (Lipinski definition) is 0. The SMILES string of the molecule is [CH2]Cn1nnn(-c2ccccc2)c1=O. The lowest BCUT2D eigenvalue weighted by molar-refractivity contribution is 0.641. The topological polar surface area (TPSA) is 52.7 Å². The molecule has 14 heavy (non-hydrogen) atoms. The van der Waals surface area contributed by atoms with Crippen LogP contribution in [-0.2, 0) is 6.54 Å². The van der Waals surface area contributed by atoms with Crippen LogP contribution >= 0.6 is 0 Å². The minimum atomic E-state index is -0.272. The van der Waals surface area contributed by atoms with Gasteiger partial charge < -0.3 is 0 Å². The average molecular weight is 189 g/mol. The summed E-state index contributed by atoms with van der Waals surface area (Å²) in [5.41, 5.74) is 0.434. The summed E-state index contributed by atoms with van der Waals surface area (Å²) in [5.74, 6) is 0. The lowest BCUT2D eigenvalue weighted by Gasteiger charge is -1.95. The first-order valence-electron chi connectivity index (χ1n) is 4.20. The van der Waals surface area contributed by atoms with Crippen molar-refractivity contribution in [1.29, 1.82) is 0 Å². The maximum Gasteiger partial charge on any atom is 0.368 e. The zero-order chi connectivity index (χ0) is 9.97. The van der Waals surface area contributed by atoms with Gasteiger partial charge in [0.1, 0.15) is 0 Å². The summed E-state index contributed by atoms with van der Waals surface area (Å²) in [6, 6.07) is 9.14. The minimum Gasteiger partial charge on any atom is -0.244 e. The molecule has 0 bridgehead atoms. The zero-order valence-corrected chi connectivity index (χ0v) is 7.50. The summed E-state index contributed by atoms with van der Waals surface area (Å²) in [5, 5.41) is 7.40. The van der Waals surface area contributed by atoms with Gasteiger partial charge in [-0.3, -0.25) is 0 Å². The van der Waals surface area contributed by atoms with Crippen molar-refractivity contribution in [2.24, 2.45) is 0 Å². The van der Waals surface area contributed by atoms with Crippen LogP contribution in [0.25, 0.3) is 5.69 Å². The summed E-state index contributed by atoms with van der Waals surface area (Å²) in [4.78, 5) is 11.6. The Hall–Kier alpha value is -1.91. The van der Waals surface area contributed by atoms with Gasteiger partial charge in [0, 0.05) is 6.54 Å². The highest BCUT2D eigenvalue weighted by molar-refractivity contribution is 5.28. The Balaban J connectivity index is 2.53. The van der Waals surface area contributed by atoms with Crippen LogP contribution in [0.2, 0.25) is 0 Å². The predicted molar refractivity (Wildman–Crippen MR) is 51.0 cm³/mol. The second-order valence-corrected chi connectivity index (χ2v) is 2.73. The van der Waals surface area contributed by atoms with Gasteiger partial charge >= 0.3 is 5.69 Å². The van der Waals surface area contributed by atoms with Crippen LogP contribution in [-0.4, -0.2) is 19.8 Å². The minimum absolute atomic E-state index is 0.272. The third-order valence-electron chi connectivity index (χ3n) is 1.85. The molecular formula is C9H9N4O. The number of tetrazole rings is 1. The molecule has 0 aliphatic rings. The second kappa shape index (κ2) is 3.45. The molecule has 0 spiro atoms. The van der Waals surface area contributed by atoms with E-state index in [4.69, 9.17) is 0 Å². The van der Waals surface area contributed by atoms with Crippen molar-refractivity contribution >= 4 is 0 Å². The molecule has 0 saturated carbocycles. The molecule has 0 N–H and O–H groups in total. The number of rotatable bonds is 2. The molecule has 0 aliphatic heterocycles. The van der Waals surface area contributed by atoms with Crippen molar-refractivity contribution in [2.75, 3.05) is 0 Å². The quantitative estimate of drug-likeness (QED) is 0.681.